The van der Waals surface area contributed by atoms with Gasteiger partial charge in [0.15, 0.2) is 0 Å². The Labute approximate surface area is 132 Å². The zero-order chi connectivity index (χ0) is 13.9. The van der Waals surface area contributed by atoms with E-state index in [0.717, 1.165) is 22.1 Å². The fraction of sp³-hybridized carbons (Fsp3) is 0.375. The predicted octanol–water partition coefficient (Wildman–Crippen LogP) is 4.65. The third-order valence-corrected chi connectivity index (χ3v) is 4.97. The number of rotatable bonds is 6. The first kappa shape index (κ1) is 14.1. The molecule has 0 unspecified atom stereocenters. The monoisotopic (exact) mass is 351 g/mol. The van der Waals surface area contributed by atoms with Crippen LogP contribution < -0.4 is 10.1 Å². The summed E-state index contributed by atoms with van der Waals surface area (Å²) in [7, 11) is 0. The number of aryl methyl sites for hydroxylation is 1. The van der Waals surface area contributed by atoms with Crippen molar-refractivity contribution in [2.45, 2.75) is 39.0 Å². The molecular formula is C16H18BrNOS. The molecule has 1 N–H and O–H groups in total. The number of hydrogen-bond donors (Lipinski definition) is 1. The van der Waals surface area contributed by atoms with Crippen LogP contribution in [0.25, 0.3) is 0 Å². The van der Waals surface area contributed by atoms with E-state index < -0.39 is 0 Å². The van der Waals surface area contributed by atoms with Gasteiger partial charge < -0.3 is 10.1 Å². The second-order valence-electron chi connectivity index (χ2n) is 5.26. The highest BCUT2D eigenvalue weighted by Gasteiger charge is 2.20. The highest BCUT2D eigenvalue weighted by atomic mass is 79.9. The molecule has 1 aromatic heterocycles. The SMILES string of the molecule is Cc1ccc(OCc2ccc(Br)s2)c(CNC2CC2)c1. The summed E-state index contributed by atoms with van der Waals surface area (Å²) in [6.07, 6.45) is 2.62. The summed E-state index contributed by atoms with van der Waals surface area (Å²) in [5.41, 5.74) is 2.54. The molecular weight excluding hydrogens is 334 g/mol. The highest BCUT2D eigenvalue weighted by Crippen LogP contribution is 2.26. The minimum atomic E-state index is 0.635. The van der Waals surface area contributed by atoms with Crippen LogP contribution in [0.4, 0.5) is 0 Å². The summed E-state index contributed by atoms with van der Waals surface area (Å²) in [5, 5.41) is 3.56. The van der Waals surface area contributed by atoms with Gasteiger partial charge in [-0.25, -0.2) is 0 Å². The van der Waals surface area contributed by atoms with Crippen LogP contribution in [0.15, 0.2) is 34.1 Å². The normalized spacial score (nSPS) is 14.5. The third-order valence-electron chi connectivity index (χ3n) is 3.37. The molecule has 0 bridgehead atoms. The average molecular weight is 352 g/mol. The Morgan fingerprint density at radius 1 is 1.30 bits per heavy atom. The minimum absolute atomic E-state index is 0.635. The lowest BCUT2D eigenvalue weighted by Crippen LogP contribution is -2.16. The molecule has 0 aliphatic heterocycles. The number of hydrogen-bond acceptors (Lipinski definition) is 3. The van der Waals surface area contributed by atoms with Crippen LogP contribution >= 0.6 is 27.3 Å². The van der Waals surface area contributed by atoms with Crippen LogP contribution in [0, 0.1) is 6.92 Å². The summed E-state index contributed by atoms with van der Waals surface area (Å²) in [6, 6.07) is 11.3. The lowest BCUT2D eigenvalue weighted by Gasteiger charge is -2.12. The van der Waals surface area contributed by atoms with Crippen molar-refractivity contribution in [1.29, 1.82) is 0 Å². The Kier molecular flexibility index (Phi) is 4.44. The van der Waals surface area contributed by atoms with Crippen molar-refractivity contribution >= 4 is 27.3 Å². The summed E-state index contributed by atoms with van der Waals surface area (Å²) >= 11 is 5.20. The minimum Gasteiger partial charge on any atom is -0.488 e. The van der Waals surface area contributed by atoms with E-state index in [2.05, 4.69) is 58.5 Å². The van der Waals surface area contributed by atoms with Crippen molar-refractivity contribution in [3.05, 3.63) is 50.1 Å². The highest BCUT2D eigenvalue weighted by molar-refractivity contribution is 9.11. The van der Waals surface area contributed by atoms with Crippen molar-refractivity contribution in [2.75, 3.05) is 0 Å². The van der Waals surface area contributed by atoms with Gasteiger partial charge in [-0.15, -0.1) is 11.3 Å². The van der Waals surface area contributed by atoms with Gasteiger partial charge in [0.2, 0.25) is 0 Å². The predicted molar refractivity (Wildman–Crippen MR) is 87.4 cm³/mol. The first-order valence-corrected chi connectivity index (χ1v) is 8.51. The average Bonchev–Trinajstić information content (AvgIpc) is 3.17. The van der Waals surface area contributed by atoms with E-state index in [1.54, 1.807) is 11.3 Å². The van der Waals surface area contributed by atoms with E-state index in [1.165, 1.54) is 28.8 Å². The van der Waals surface area contributed by atoms with Crippen LogP contribution in [0.2, 0.25) is 0 Å². The number of nitrogens with one attached hydrogen (secondary N) is 1. The first-order chi connectivity index (χ1) is 9.70. The Morgan fingerprint density at radius 3 is 2.85 bits per heavy atom. The van der Waals surface area contributed by atoms with Gasteiger partial charge in [0.05, 0.1) is 3.79 Å². The fourth-order valence-electron chi connectivity index (χ4n) is 2.11. The number of thiophene rings is 1. The summed E-state index contributed by atoms with van der Waals surface area (Å²) in [4.78, 5) is 1.23. The topological polar surface area (TPSA) is 21.3 Å². The molecule has 106 valence electrons. The van der Waals surface area contributed by atoms with Gasteiger partial charge in [0, 0.05) is 23.0 Å². The molecule has 3 rings (SSSR count). The van der Waals surface area contributed by atoms with E-state index >= 15 is 0 Å². The molecule has 4 heteroatoms. The van der Waals surface area contributed by atoms with Crippen LogP contribution in [-0.4, -0.2) is 6.04 Å². The van der Waals surface area contributed by atoms with E-state index in [9.17, 15) is 0 Å². The molecule has 1 aliphatic rings. The van der Waals surface area contributed by atoms with Crippen LogP contribution in [0.5, 0.6) is 5.75 Å². The standard InChI is InChI=1S/C16H18BrNOS/c1-11-2-6-15(12(8-11)9-18-13-3-4-13)19-10-14-5-7-16(17)20-14/h2,5-8,13,18H,3-4,9-10H2,1H3. The molecule has 1 aliphatic carbocycles. The second kappa shape index (κ2) is 6.29. The van der Waals surface area contributed by atoms with E-state index in [0.29, 0.717) is 6.61 Å². The Morgan fingerprint density at radius 2 is 2.15 bits per heavy atom. The Bertz CT molecular complexity index is 592. The lowest BCUT2D eigenvalue weighted by molar-refractivity contribution is 0.305. The van der Waals surface area contributed by atoms with Crippen molar-refractivity contribution in [3.63, 3.8) is 0 Å². The van der Waals surface area contributed by atoms with Gasteiger partial charge in [-0.05, 0) is 53.9 Å². The van der Waals surface area contributed by atoms with Crippen LogP contribution in [0.1, 0.15) is 28.8 Å². The van der Waals surface area contributed by atoms with Crippen molar-refractivity contribution in [3.8, 4) is 5.75 Å². The lowest BCUT2D eigenvalue weighted by atomic mass is 10.1. The zero-order valence-corrected chi connectivity index (χ0v) is 13.9. The van der Waals surface area contributed by atoms with Gasteiger partial charge in [-0.1, -0.05) is 17.7 Å². The van der Waals surface area contributed by atoms with Crippen LogP contribution in [-0.2, 0) is 13.2 Å². The fourth-order valence-corrected chi connectivity index (χ4v) is 3.50. The van der Waals surface area contributed by atoms with E-state index in [1.807, 2.05) is 0 Å². The molecule has 1 saturated carbocycles. The molecule has 0 saturated heterocycles. The van der Waals surface area contributed by atoms with Gasteiger partial charge >= 0.3 is 0 Å². The van der Waals surface area contributed by atoms with Crippen molar-refractivity contribution < 1.29 is 4.74 Å². The molecule has 1 heterocycles. The molecule has 1 aromatic carbocycles. The molecule has 0 radical (unpaired) electrons. The van der Waals surface area contributed by atoms with Crippen molar-refractivity contribution in [1.82, 2.24) is 5.32 Å². The third kappa shape index (κ3) is 3.84. The van der Waals surface area contributed by atoms with Gasteiger partial charge in [-0.3, -0.25) is 0 Å². The van der Waals surface area contributed by atoms with E-state index in [-0.39, 0.29) is 0 Å². The maximum absolute atomic E-state index is 5.99. The number of halogens is 1. The molecule has 0 amide bonds. The quantitative estimate of drug-likeness (QED) is 0.817. The molecule has 2 nitrogen and oxygen atoms in total. The molecule has 0 spiro atoms. The Hall–Kier alpha value is -0.840. The van der Waals surface area contributed by atoms with Gasteiger partial charge in [0.1, 0.15) is 12.4 Å². The molecule has 2 aromatic rings. The van der Waals surface area contributed by atoms with Gasteiger partial charge in [0.25, 0.3) is 0 Å². The second-order valence-corrected chi connectivity index (χ2v) is 7.81. The smallest absolute Gasteiger partial charge is 0.124 e. The summed E-state index contributed by atoms with van der Waals surface area (Å²) in [6.45, 7) is 3.66. The van der Waals surface area contributed by atoms with Crippen molar-refractivity contribution in [2.24, 2.45) is 0 Å². The zero-order valence-electron chi connectivity index (χ0n) is 11.5. The number of benzene rings is 1. The Balaban J connectivity index is 1.66. The summed E-state index contributed by atoms with van der Waals surface area (Å²) < 4.78 is 7.14. The maximum Gasteiger partial charge on any atom is 0.124 e. The van der Waals surface area contributed by atoms with E-state index in [4.69, 9.17) is 4.74 Å². The molecule has 0 atom stereocenters. The van der Waals surface area contributed by atoms with Crippen LogP contribution in [0.3, 0.4) is 0 Å². The number of ether oxygens (including phenoxy) is 1. The molecule has 20 heavy (non-hydrogen) atoms. The maximum atomic E-state index is 5.99. The molecule has 1 fully saturated rings. The van der Waals surface area contributed by atoms with Gasteiger partial charge in [-0.2, -0.15) is 0 Å². The largest absolute Gasteiger partial charge is 0.488 e. The first-order valence-electron chi connectivity index (χ1n) is 6.90. The summed E-state index contributed by atoms with van der Waals surface area (Å²) in [5.74, 6) is 0.994.